The van der Waals surface area contributed by atoms with Crippen molar-refractivity contribution in [1.29, 1.82) is 0 Å². The number of benzene rings is 1. The van der Waals surface area contributed by atoms with Crippen molar-refractivity contribution in [1.82, 2.24) is 9.97 Å². The number of hydrogen-bond donors (Lipinski definition) is 1. The average Bonchev–Trinajstić information content (AvgIpc) is 2.60. The normalized spacial score (nSPS) is 21.6. The predicted molar refractivity (Wildman–Crippen MR) is 98.7 cm³/mol. The van der Waals surface area contributed by atoms with Crippen LogP contribution in [0.3, 0.4) is 0 Å². The molecule has 5 nitrogen and oxygen atoms in total. The molecular weight excluding hydrogens is 412 g/mol. The molecule has 0 saturated carbocycles. The van der Waals surface area contributed by atoms with Crippen molar-refractivity contribution in [3.63, 3.8) is 0 Å². The Kier molecular flexibility index (Phi) is 5.41. The largest absolute Gasteiger partial charge is 0.452 e. The van der Waals surface area contributed by atoms with Crippen molar-refractivity contribution in [2.75, 3.05) is 0 Å². The molecule has 0 amide bonds. The minimum Gasteiger partial charge on any atom is -0.452 e. The van der Waals surface area contributed by atoms with Gasteiger partial charge >= 0.3 is 6.18 Å². The summed E-state index contributed by atoms with van der Waals surface area (Å²) in [6.45, 7) is 3.00. The van der Waals surface area contributed by atoms with Crippen LogP contribution in [0, 0.1) is 24.6 Å². The van der Waals surface area contributed by atoms with Gasteiger partial charge in [-0.1, -0.05) is 17.5 Å². The highest BCUT2D eigenvalue weighted by atomic mass is 35.5. The third kappa shape index (κ3) is 4.59. The molecule has 3 rings (SSSR count). The molecule has 2 N–H and O–H groups in total. The van der Waals surface area contributed by atoms with Crippen LogP contribution in [0.2, 0.25) is 5.02 Å². The van der Waals surface area contributed by atoms with Gasteiger partial charge in [0.1, 0.15) is 5.82 Å². The maximum absolute atomic E-state index is 14.7. The lowest BCUT2D eigenvalue weighted by Gasteiger charge is -2.36. The number of nitrogens with two attached hydrogens (primary N) is 1. The summed E-state index contributed by atoms with van der Waals surface area (Å²) in [6, 6.07) is 1.91. The predicted octanol–water partition coefficient (Wildman–Crippen LogP) is 3.86. The van der Waals surface area contributed by atoms with Gasteiger partial charge in [-0.25, -0.2) is 19.4 Å². The van der Waals surface area contributed by atoms with Crippen molar-refractivity contribution >= 4 is 17.6 Å². The topological polar surface area (TPSA) is 73.4 Å². The standard InChI is InChI=1S/C19H15ClF4N4O/c1-10-5-14(21)13(6-11(10)3-4-16-26-8-12(20)9-27-16)18(2)7-15(19(22,23)24)29-17(25)28-18/h5-6,8-9,15H,7H2,1-2H3,(H2,25,28)/t15-,18-/m0/s1. The molecular formula is C19H15ClF4N4O. The molecule has 2 atom stereocenters. The number of alkyl halides is 3. The number of aliphatic imine (C=N–C) groups is 1. The van der Waals surface area contributed by atoms with Crippen LogP contribution in [0.15, 0.2) is 29.5 Å². The lowest BCUT2D eigenvalue weighted by molar-refractivity contribution is -0.208. The summed E-state index contributed by atoms with van der Waals surface area (Å²) in [6.07, 6.45) is -4.73. The van der Waals surface area contributed by atoms with E-state index in [1.807, 2.05) is 0 Å². The summed E-state index contributed by atoms with van der Waals surface area (Å²) in [7, 11) is 0. The van der Waals surface area contributed by atoms with Crippen LogP contribution in [0.1, 0.15) is 35.9 Å². The number of hydrogen-bond acceptors (Lipinski definition) is 5. The van der Waals surface area contributed by atoms with Gasteiger partial charge in [-0.2, -0.15) is 13.2 Å². The van der Waals surface area contributed by atoms with Gasteiger partial charge in [-0.3, -0.25) is 0 Å². The molecule has 0 aliphatic carbocycles. The zero-order valence-electron chi connectivity index (χ0n) is 15.3. The minimum absolute atomic E-state index is 0.0649. The summed E-state index contributed by atoms with van der Waals surface area (Å²) >= 11 is 5.72. The number of rotatable bonds is 1. The Bertz CT molecular complexity index is 1030. The molecule has 1 aromatic heterocycles. The fourth-order valence-electron chi connectivity index (χ4n) is 2.94. The maximum atomic E-state index is 14.7. The van der Waals surface area contributed by atoms with Gasteiger partial charge in [-0.15, -0.1) is 0 Å². The first-order valence-corrected chi connectivity index (χ1v) is 8.74. The van der Waals surface area contributed by atoms with Crippen LogP contribution in [0.5, 0.6) is 0 Å². The number of halogens is 5. The number of nitrogens with zero attached hydrogens (tertiary/aromatic N) is 3. The molecule has 10 heteroatoms. The van der Waals surface area contributed by atoms with E-state index in [-0.39, 0.29) is 11.4 Å². The number of aromatic nitrogens is 2. The van der Waals surface area contributed by atoms with Gasteiger partial charge in [0, 0.05) is 17.5 Å². The molecule has 152 valence electrons. The molecule has 0 saturated heterocycles. The van der Waals surface area contributed by atoms with E-state index in [1.165, 1.54) is 31.5 Å². The van der Waals surface area contributed by atoms with E-state index in [0.717, 1.165) is 0 Å². The van der Waals surface area contributed by atoms with Gasteiger partial charge in [0.05, 0.1) is 23.0 Å². The first-order chi connectivity index (χ1) is 13.5. The summed E-state index contributed by atoms with van der Waals surface area (Å²) in [5.74, 6) is 5.00. The second-order valence-electron chi connectivity index (χ2n) is 6.70. The smallest absolute Gasteiger partial charge is 0.425 e. The third-order valence-corrected chi connectivity index (χ3v) is 4.59. The van der Waals surface area contributed by atoms with Crippen molar-refractivity contribution in [3.05, 3.63) is 57.9 Å². The summed E-state index contributed by atoms with van der Waals surface area (Å²) in [5, 5.41) is 0.345. The molecule has 29 heavy (non-hydrogen) atoms. The van der Waals surface area contributed by atoms with Gasteiger partial charge in [-0.05, 0) is 37.5 Å². The fourth-order valence-corrected chi connectivity index (χ4v) is 3.03. The first-order valence-electron chi connectivity index (χ1n) is 8.37. The molecule has 2 heterocycles. The van der Waals surface area contributed by atoms with E-state index in [2.05, 4.69) is 31.5 Å². The lowest BCUT2D eigenvalue weighted by Crippen LogP contribution is -2.46. The molecule has 2 aromatic rings. The van der Waals surface area contributed by atoms with E-state index in [4.69, 9.17) is 17.3 Å². The van der Waals surface area contributed by atoms with Crippen LogP contribution in [0.25, 0.3) is 0 Å². The van der Waals surface area contributed by atoms with Gasteiger partial charge < -0.3 is 10.5 Å². The van der Waals surface area contributed by atoms with E-state index in [1.54, 1.807) is 6.92 Å². The summed E-state index contributed by atoms with van der Waals surface area (Å²) in [5.41, 5.74) is 4.70. The quantitative estimate of drug-likeness (QED) is 0.555. The highest BCUT2D eigenvalue weighted by Gasteiger charge is 2.50. The molecule has 1 aromatic carbocycles. The summed E-state index contributed by atoms with van der Waals surface area (Å²) < 4.78 is 58.8. The van der Waals surface area contributed by atoms with E-state index in [9.17, 15) is 17.6 Å². The number of amidine groups is 1. The van der Waals surface area contributed by atoms with Gasteiger partial charge in [0.15, 0.2) is 6.10 Å². The Hall–Kier alpha value is -2.86. The van der Waals surface area contributed by atoms with Crippen LogP contribution in [-0.2, 0) is 10.3 Å². The zero-order valence-corrected chi connectivity index (χ0v) is 16.1. The van der Waals surface area contributed by atoms with Crippen molar-refractivity contribution in [3.8, 4) is 11.8 Å². The Morgan fingerprint density at radius 2 is 1.90 bits per heavy atom. The maximum Gasteiger partial charge on any atom is 0.425 e. The molecule has 1 aliphatic heterocycles. The Labute approximate surface area is 169 Å². The van der Waals surface area contributed by atoms with Gasteiger partial charge in [0.25, 0.3) is 6.02 Å². The van der Waals surface area contributed by atoms with Crippen LogP contribution in [0.4, 0.5) is 17.6 Å². The SMILES string of the molecule is Cc1cc(F)c([C@]2(C)C[C@@H](C(F)(F)F)OC(N)=N2)cc1C#Cc1ncc(Cl)cn1. The van der Waals surface area contributed by atoms with Crippen LogP contribution in [-0.4, -0.2) is 28.3 Å². The van der Waals surface area contributed by atoms with Crippen molar-refractivity contribution < 1.29 is 22.3 Å². The average molecular weight is 427 g/mol. The molecule has 0 bridgehead atoms. The summed E-state index contributed by atoms with van der Waals surface area (Å²) in [4.78, 5) is 11.8. The lowest BCUT2D eigenvalue weighted by atomic mass is 9.84. The minimum atomic E-state index is -4.67. The van der Waals surface area contributed by atoms with Crippen LogP contribution < -0.4 is 5.73 Å². The first kappa shape index (κ1) is 20.9. The third-order valence-electron chi connectivity index (χ3n) is 4.39. The second-order valence-corrected chi connectivity index (χ2v) is 7.13. The Balaban J connectivity index is 2.03. The highest BCUT2D eigenvalue weighted by Crippen LogP contribution is 2.41. The second kappa shape index (κ2) is 7.52. The van der Waals surface area contributed by atoms with Crippen LogP contribution >= 0.6 is 11.6 Å². The number of ether oxygens (including phenoxy) is 1. The highest BCUT2D eigenvalue weighted by molar-refractivity contribution is 6.30. The molecule has 0 unspecified atom stereocenters. The van der Waals surface area contributed by atoms with Gasteiger partial charge in [0.2, 0.25) is 5.82 Å². The zero-order chi connectivity index (χ0) is 21.4. The monoisotopic (exact) mass is 426 g/mol. The van der Waals surface area contributed by atoms with E-state index >= 15 is 0 Å². The molecule has 0 spiro atoms. The molecule has 1 aliphatic rings. The van der Waals surface area contributed by atoms with Crippen molar-refractivity contribution in [2.45, 2.75) is 38.1 Å². The molecule has 0 radical (unpaired) electrons. The van der Waals surface area contributed by atoms with Crippen molar-refractivity contribution in [2.24, 2.45) is 10.7 Å². The molecule has 0 fully saturated rings. The fraction of sp³-hybridized carbons (Fsp3) is 0.316. The van der Waals surface area contributed by atoms with E-state index < -0.39 is 36.1 Å². The number of aryl methyl sites for hydroxylation is 1. The Morgan fingerprint density at radius 3 is 2.52 bits per heavy atom. The Morgan fingerprint density at radius 1 is 1.24 bits per heavy atom. The van der Waals surface area contributed by atoms with E-state index in [0.29, 0.717) is 16.1 Å².